The van der Waals surface area contributed by atoms with Crippen LogP contribution in [-0.4, -0.2) is 36.8 Å². The maximum atomic E-state index is 12.0. The number of amides is 1. The standard InChI is InChI=1S/C13H26N2O2/c1-10(2)11(16)5-8-15-12(17)13(3)6-4-7-14-9-13/h10-11,14,16H,4-9H2,1-3H3,(H,15,17). The quantitative estimate of drug-likeness (QED) is 0.671. The number of rotatable bonds is 5. The molecule has 0 aliphatic carbocycles. The summed E-state index contributed by atoms with van der Waals surface area (Å²) in [6.45, 7) is 8.30. The molecule has 1 amide bonds. The van der Waals surface area contributed by atoms with Crippen LogP contribution < -0.4 is 10.6 Å². The Hall–Kier alpha value is -0.610. The van der Waals surface area contributed by atoms with E-state index in [1.54, 1.807) is 0 Å². The molecule has 0 aromatic rings. The minimum absolute atomic E-state index is 0.112. The lowest BCUT2D eigenvalue weighted by atomic mass is 9.82. The first kappa shape index (κ1) is 14.5. The monoisotopic (exact) mass is 242 g/mol. The fourth-order valence-electron chi connectivity index (χ4n) is 2.13. The molecule has 0 aromatic heterocycles. The molecule has 1 aliphatic rings. The molecule has 0 bridgehead atoms. The largest absolute Gasteiger partial charge is 0.393 e. The summed E-state index contributed by atoms with van der Waals surface area (Å²) >= 11 is 0. The molecule has 4 nitrogen and oxygen atoms in total. The van der Waals surface area contributed by atoms with Crippen molar-refractivity contribution in [2.75, 3.05) is 19.6 Å². The van der Waals surface area contributed by atoms with Crippen LogP contribution in [0.4, 0.5) is 0 Å². The molecule has 3 N–H and O–H groups in total. The third-order valence-corrected chi connectivity index (χ3v) is 3.64. The number of piperidine rings is 1. The molecule has 0 spiro atoms. The molecule has 1 fully saturated rings. The lowest BCUT2D eigenvalue weighted by Gasteiger charge is -2.32. The fraction of sp³-hybridized carbons (Fsp3) is 0.923. The molecule has 100 valence electrons. The second kappa shape index (κ2) is 6.36. The van der Waals surface area contributed by atoms with Crippen molar-refractivity contribution in [3.8, 4) is 0 Å². The minimum atomic E-state index is -0.326. The Labute approximate surface area is 104 Å². The summed E-state index contributed by atoms with van der Waals surface area (Å²) in [5, 5.41) is 15.9. The molecule has 1 heterocycles. The first-order valence-electron chi connectivity index (χ1n) is 6.63. The Bertz CT molecular complexity index is 248. The highest BCUT2D eigenvalue weighted by Gasteiger charge is 2.34. The van der Waals surface area contributed by atoms with Gasteiger partial charge >= 0.3 is 0 Å². The number of nitrogens with one attached hydrogen (secondary N) is 2. The van der Waals surface area contributed by atoms with Crippen molar-refractivity contribution in [3.63, 3.8) is 0 Å². The second-order valence-electron chi connectivity index (χ2n) is 5.70. The number of hydrogen-bond acceptors (Lipinski definition) is 3. The number of carbonyl (C=O) groups is 1. The van der Waals surface area contributed by atoms with Crippen molar-refractivity contribution in [2.24, 2.45) is 11.3 Å². The van der Waals surface area contributed by atoms with E-state index in [0.717, 1.165) is 25.9 Å². The number of carbonyl (C=O) groups excluding carboxylic acids is 1. The third kappa shape index (κ3) is 4.28. The highest BCUT2D eigenvalue weighted by Crippen LogP contribution is 2.25. The Morgan fingerprint density at radius 1 is 1.53 bits per heavy atom. The highest BCUT2D eigenvalue weighted by atomic mass is 16.3. The van der Waals surface area contributed by atoms with E-state index in [4.69, 9.17) is 0 Å². The van der Waals surface area contributed by atoms with Gasteiger partial charge in [0, 0.05) is 13.1 Å². The number of aliphatic hydroxyl groups is 1. The average Bonchev–Trinajstić information content (AvgIpc) is 2.29. The molecule has 0 saturated carbocycles. The van der Waals surface area contributed by atoms with Gasteiger partial charge in [0.15, 0.2) is 0 Å². The average molecular weight is 242 g/mol. The van der Waals surface area contributed by atoms with Crippen LogP contribution >= 0.6 is 0 Å². The van der Waals surface area contributed by atoms with E-state index >= 15 is 0 Å². The van der Waals surface area contributed by atoms with Gasteiger partial charge in [0.25, 0.3) is 0 Å². The molecule has 1 aliphatic heterocycles. The van der Waals surface area contributed by atoms with Gasteiger partial charge in [-0.25, -0.2) is 0 Å². The Balaban J connectivity index is 2.29. The van der Waals surface area contributed by atoms with Crippen LogP contribution in [-0.2, 0) is 4.79 Å². The molecule has 1 saturated heterocycles. The van der Waals surface area contributed by atoms with Crippen LogP contribution in [0.15, 0.2) is 0 Å². The van der Waals surface area contributed by atoms with Gasteiger partial charge < -0.3 is 15.7 Å². The van der Waals surface area contributed by atoms with Gasteiger partial charge in [0.1, 0.15) is 0 Å². The number of aliphatic hydroxyl groups excluding tert-OH is 1. The highest BCUT2D eigenvalue weighted by molar-refractivity contribution is 5.82. The summed E-state index contributed by atoms with van der Waals surface area (Å²) in [6.07, 6.45) is 2.30. The zero-order chi connectivity index (χ0) is 12.9. The van der Waals surface area contributed by atoms with Crippen molar-refractivity contribution in [2.45, 2.75) is 46.1 Å². The molecule has 4 heteroatoms. The molecule has 2 unspecified atom stereocenters. The van der Waals surface area contributed by atoms with Crippen LogP contribution in [0.3, 0.4) is 0 Å². The first-order chi connectivity index (χ1) is 7.96. The van der Waals surface area contributed by atoms with Gasteiger partial charge in [-0.1, -0.05) is 13.8 Å². The van der Waals surface area contributed by atoms with Crippen LogP contribution in [0, 0.1) is 11.3 Å². The maximum absolute atomic E-state index is 12.0. The minimum Gasteiger partial charge on any atom is -0.393 e. The van der Waals surface area contributed by atoms with E-state index in [1.807, 2.05) is 20.8 Å². The molecule has 0 aromatic carbocycles. The van der Waals surface area contributed by atoms with E-state index in [-0.39, 0.29) is 23.3 Å². The lowest BCUT2D eigenvalue weighted by molar-refractivity contribution is -0.131. The number of hydrogen-bond donors (Lipinski definition) is 3. The Kier molecular flexibility index (Phi) is 5.40. The van der Waals surface area contributed by atoms with Crippen LogP contribution in [0.1, 0.15) is 40.0 Å². The molecule has 1 rings (SSSR count). The smallest absolute Gasteiger partial charge is 0.227 e. The topological polar surface area (TPSA) is 61.4 Å². The Morgan fingerprint density at radius 2 is 2.24 bits per heavy atom. The predicted molar refractivity (Wildman–Crippen MR) is 68.7 cm³/mol. The predicted octanol–water partition coefficient (Wildman–Crippen LogP) is 0.899. The van der Waals surface area contributed by atoms with Gasteiger partial charge in [0.2, 0.25) is 5.91 Å². The summed E-state index contributed by atoms with van der Waals surface area (Å²) in [5.74, 6) is 0.361. The maximum Gasteiger partial charge on any atom is 0.227 e. The van der Waals surface area contributed by atoms with E-state index in [9.17, 15) is 9.90 Å². The van der Waals surface area contributed by atoms with Crippen LogP contribution in [0.25, 0.3) is 0 Å². The third-order valence-electron chi connectivity index (χ3n) is 3.64. The molecular formula is C13H26N2O2. The summed E-state index contributed by atoms with van der Waals surface area (Å²) < 4.78 is 0. The van der Waals surface area contributed by atoms with E-state index in [0.29, 0.717) is 13.0 Å². The molecule has 17 heavy (non-hydrogen) atoms. The van der Waals surface area contributed by atoms with Crippen LogP contribution in [0.5, 0.6) is 0 Å². The molecule has 2 atom stereocenters. The summed E-state index contributed by atoms with van der Waals surface area (Å²) in [4.78, 5) is 12.0. The zero-order valence-corrected chi connectivity index (χ0v) is 11.3. The summed E-state index contributed by atoms with van der Waals surface area (Å²) in [6, 6.07) is 0. The van der Waals surface area contributed by atoms with Crippen molar-refractivity contribution in [1.29, 1.82) is 0 Å². The zero-order valence-electron chi connectivity index (χ0n) is 11.3. The summed E-state index contributed by atoms with van der Waals surface area (Å²) in [7, 11) is 0. The van der Waals surface area contributed by atoms with E-state index < -0.39 is 0 Å². The van der Waals surface area contributed by atoms with E-state index in [1.165, 1.54) is 0 Å². The van der Waals surface area contributed by atoms with Gasteiger partial charge in [0.05, 0.1) is 11.5 Å². The van der Waals surface area contributed by atoms with Crippen molar-refractivity contribution in [1.82, 2.24) is 10.6 Å². The van der Waals surface area contributed by atoms with Crippen molar-refractivity contribution < 1.29 is 9.90 Å². The van der Waals surface area contributed by atoms with Gasteiger partial charge in [-0.2, -0.15) is 0 Å². The van der Waals surface area contributed by atoms with Crippen LogP contribution in [0.2, 0.25) is 0 Å². The summed E-state index contributed by atoms with van der Waals surface area (Å²) in [5.41, 5.74) is -0.277. The fourth-order valence-corrected chi connectivity index (χ4v) is 2.13. The molecular weight excluding hydrogens is 216 g/mol. The van der Waals surface area contributed by atoms with Gasteiger partial charge in [-0.05, 0) is 38.6 Å². The van der Waals surface area contributed by atoms with Crippen molar-refractivity contribution in [3.05, 3.63) is 0 Å². The lowest BCUT2D eigenvalue weighted by Crippen LogP contribution is -2.49. The van der Waals surface area contributed by atoms with Gasteiger partial charge in [-0.3, -0.25) is 4.79 Å². The Morgan fingerprint density at radius 3 is 2.76 bits per heavy atom. The van der Waals surface area contributed by atoms with Gasteiger partial charge in [-0.15, -0.1) is 0 Å². The molecule has 0 radical (unpaired) electrons. The SMILES string of the molecule is CC(C)C(O)CCNC(=O)C1(C)CCCNC1. The normalized spacial score (nSPS) is 26.9. The van der Waals surface area contributed by atoms with Crippen molar-refractivity contribution >= 4 is 5.91 Å². The first-order valence-corrected chi connectivity index (χ1v) is 6.63. The second-order valence-corrected chi connectivity index (χ2v) is 5.70. The van der Waals surface area contributed by atoms with E-state index in [2.05, 4.69) is 10.6 Å².